The highest BCUT2D eigenvalue weighted by Crippen LogP contribution is 2.26. The van der Waals surface area contributed by atoms with E-state index in [1.54, 1.807) is 18.6 Å². The lowest BCUT2D eigenvalue weighted by atomic mass is 10.2. The second-order valence-electron chi connectivity index (χ2n) is 10.5. The van der Waals surface area contributed by atoms with Crippen molar-refractivity contribution in [1.29, 1.82) is 0 Å². The maximum absolute atomic E-state index is 12.2. The van der Waals surface area contributed by atoms with Crippen LogP contribution >= 0.6 is 0 Å². The molecule has 1 N–H and O–H groups in total. The topological polar surface area (TPSA) is 94.8 Å². The molecule has 5 rings (SSSR count). The minimum Gasteiger partial charge on any atom is -0.369 e. The fourth-order valence-electron chi connectivity index (χ4n) is 4.74. The predicted molar refractivity (Wildman–Crippen MR) is 160 cm³/mol. The van der Waals surface area contributed by atoms with Crippen LogP contribution < -0.4 is 10.2 Å². The molecule has 4 heterocycles. The van der Waals surface area contributed by atoms with Gasteiger partial charge in [0.05, 0.1) is 0 Å². The lowest BCUT2D eigenvalue weighted by Gasteiger charge is -2.36. The Morgan fingerprint density at radius 2 is 1.77 bits per heavy atom. The largest absolute Gasteiger partial charge is 0.369 e. The molecule has 0 saturated carbocycles. The number of aryl methyl sites for hydroxylation is 1. The van der Waals surface area contributed by atoms with Crippen LogP contribution in [0.5, 0.6) is 0 Å². The van der Waals surface area contributed by atoms with Gasteiger partial charge in [0.15, 0.2) is 11.5 Å². The van der Waals surface area contributed by atoms with Gasteiger partial charge in [0, 0.05) is 90.2 Å². The Balaban J connectivity index is 1.31. The van der Waals surface area contributed by atoms with Gasteiger partial charge < -0.3 is 15.1 Å². The summed E-state index contributed by atoms with van der Waals surface area (Å²) < 4.78 is 18.4. The first-order valence-corrected chi connectivity index (χ1v) is 15.5. The Hall–Kier alpha value is -3.54. The molecular weight excluding hydrogens is 510 g/mol. The molecule has 3 aromatic heterocycles. The molecule has 0 radical (unpaired) electrons. The van der Waals surface area contributed by atoms with E-state index in [9.17, 15) is 4.21 Å². The summed E-state index contributed by atoms with van der Waals surface area (Å²) in [5, 5.41) is 4.26. The fraction of sp³-hybridized carbons (Fsp3) is 0.393. The molecule has 4 aromatic rings. The summed E-state index contributed by atoms with van der Waals surface area (Å²) in [5.74, 6) is 1.62. The third-order valence-electron chi connectivity index (χ3n) is 6.71. The number of likely N-dealkylation sites (N-methyl/N-ethyl adjacent to an activating group) is 1. The van der Waals surface area contributed by atoms with Crippen LogP contribution in [0.4, 0.5) is 23.1 Å². The van der Waals surface area contributed by atoms with Crippen molar-refractivity contribution in [2.75, 3.05) is 76.1 Å². The number of rotatable bonds is 8. The zero-order valence-electron chi connectivity index (χ0n) is 23.3. The number of nitrogens with zero attached hydrogens (tertiary/aromatic N) is 8. The summed E-state index contributed by atoms with van der Waals surface area (Å²) in [6.45, 7) is 8.46. The molecule has 0 atom stereocenters. The quantitative estimate of drug-likeness (QED) is 0.355. The van der Waals surface area contributed by atoms with Gasteiger partial charge in [-0.15, -0.1) is 0 Å². The summed E-state index contributed by atoms with van der Waals surface area (Å²) in [6.07, 6.45) is 5.02. The van der Waals surface area contributed by atoms with Gasteiger partial charge in [0.25, 0.3) is 0 Å². The first kappa shape index (κ1) is 27.0. The van der Waals surface area contributed by atoms with Crippen LogP contribution in [-0.2, 0) is 9.73 Å². The third kappa shape index (κ3) is 6.73. The van der Waals surface area contributed by atoms with Crippen LogP contribution in [0.2, 0.25) is 0 Å². The number of aromatic nitrogens is 4. The van der Waals surface area contributed by atoms with Crippen LogP contribution in [0.1, 0.15) is 5.69 Å². The number of anilines is 3. The van der Waals surface area contributed by atoms with Crippen molar-refractivity contribution in [3.05, 3.63) is 60.4 Å². The number of piperazine rings is 1. The molecule has 39 heavy (non-hydrogen) atoms. The molecule has 0 unspecified atom stereocenters. The molecule has 10 nitrogen and oxygen atoms in total. The van der Waals surface area contributed by atoms with Crippen molar-refractivity contribution >= 4 is 43.9 Å². The molecule has 0 amide bonds. The van der Waals surface area contributed by atoms with Crippen LogP contribution in [0.15, 0.2) is 59.1 Å². The standard InChI is InChI=1S/C28H37N9OS/c1-21-19-22-20-29-28(32-27(22)37(21)26-8-6-7-25(31-26)33-39(4,5)38)30-23-9-11-24(12-10-23)36-17-15-35(16-18-36)14-13-34(2)3/h6-12,19-20H,13-18H2,1-5H3,(H,29,30,32). The van der Waals surface area contributed by atoms with Crippen LogP contribution in [0.25, 0.3) is 16.9 Å². The second-order valence-corrected chi connectivity index (χ2v) is 13.1. The third-order valence-corrected chi connectivity index (χ3v) is 7.34. The SMILES string of the molecule is Cc1cc2cnc(Nc3ccc(N4CCN(CCN(C)C)CC4)cc3)nc2n1-c1cccc(N=S(C)(C)=O)n1. The number of benzene rings is 1. The monoisotopic (exact) mass is 547 g/mol. The van der Waals surface area contributed by atoms with Crippen molar-refractivity contribution < 1.29 is 4.21 Å². The number of hydrogen-bond donors (Lipinski definition) is 1. The van der Waals surface area contributed by atoms with Crippen LogP contribution in [0, 0.1) is 6.92 Å². The molecule has 0 spiro atoms. The zero-order valence-corrected chi connectivity index (χ0v) is 24.1. The van der Waals surface area contributed by atoms with Gasteiger partial charge in [-0.05, 0) is 63.5 Å². The van der Waals surface area contributed by atoms with Gasteiger partial charge in [0.2, 0.25) is 5.95 Å². The molecule has 206 valence electrons. The molecule has 0 aliphatic carbocycles. The fourth-order valence-corrected chi connectivity index (χ4v) is 5.29. The van der Waals surface area contributed by atoms with E-state index in [2.05, 4.69) is 72.7 Å². The van der Waals surface area contributed by atoms with Crippen molar-refractivity contribution in [2.45, 2.75) is 6.92 Å². The van der Waals surface area contributed by atoms with Crippen LogP contribution in [0.3, 0.4) is 0 Å². The Morgan fingerprint density at radius 3 is 2.46 bits per heavy atom. The summed E-state index contributed by atoms with van der Waals surface area (Å²) in [7, 11) is 1.93. The number of hydrogen-bond acceptors (Lipinski definition) is 9. The zero-order chi connectivity index (χ0) is 27.6. The van der Waals surface area contributed by atoms with Gasteiger partial charge in [-0.3, -0.25) is 9.47 Å². The maximum atomic E-state index is 12.2. The molecular formula is C28H37N9OS. The Labute approximate surface area is 230 Å². The van der Waals surface area contributed by atoms with Gasteiger partial charge in [-0.1, -0.05) is 6.07 Å². The highest BCUT2D eigenvalue weighted by Gasteiger charge is 2.17. The first-order chi connectivity index (χ1) is 18.6. The van der Waals surface area contributed by atoms with E-state index in [1.807, 2.05) is 35.9 Å². The van der Waals surface area contributed by atoms with Gasteiger partial charge in [-0.25, -0.2) is 14.2 Å². The smallest absolute Gasteiger partial charge is 0.229 e. The van der Waals surface area contributed by atoms with E-state index in [1.165, 1.54) is 5.69 Å². The van der Waals surface area contributed by atoms with Gasteiger partial charge in [0.1, 0.15) is 5.82 Å². The van der Waals surface area contributed by atoms with Gasteiger partial charge >= 0.3 is 0 Å². The summed E-state index contributed by atoms with van der Waals surface area (Å²) in [5.41, 5.74) is 3.87. The molecule has 1 aliphatic heterocycles. The lowest BCUT2D eigenvalue weighted by molar-refractivity contribution is 0.229. The van der Waals surface area contributed by atoms with Gasteiger partial charge in [-0.2, -0.15) is 9.35 Å². The molecule has 1 aliphatic rings. The second kappa shape index (κ2) is 11.3. The Morgan fingerprint density at radius 1 is 1.03 bits per heavy atom. The van der Waals surface area contributed by atoms with E-state index >= 15 is 0 Å². The molecule has 1 aromatic carbocycles. The number of fused-ring (bicyclic) bond motifs is 1. The van der Waals surface area contributed by atoms with Crippen LogP contribution in [-0.4, -0.2) is 99.4 Å². The van der Waals surface area contributed by atoms with Crippen molar-refractivity contribution in [1.82, 2.24) is 29.3 Å². The van der Waals surface area contributed by atoms with E-state index in [4.69, 9.17) is 4.98 Å². The first-order valence-electron chi connectivity index (χ1n) is 13.1. The minimum atomic E-state index is -2.31. The normalized spacial score (nSPS) is 14.8. The summed E-state index contributed by atoms with van der Waals surface area (Å²) in [4.78, 5) is 21.2. The molecule has 1 saturated heterocycles. The highest BCUT2D eigenvalue weighted by atomic mass is 32.2. The molecule has 0 bridgehead atoms. The Bertz CT molecular complexity index is 1560. The predicted octanol–water partition coefficient (Wildman–Crippen LogP) is 3.91. The Kier molecular flexibility index (Phi) is 7.83. The van der Waals surface area contributed by atoms with Crippen molar-refractivity contribution in [2.24, 2.45) is 4.36 Å². The number of nitrogens with one attached hydrogen (secondary N) is 1. The molecule has 1 fully saturated rings. The maximum Gasteiger partial charge on any atom is 0.229 e. The highest BCUT2D eigenvalue weighted by molar-refractivity contribution is 7.92. The summed E-state index contributed by atoms with van der Waals surface area (Å²) in [6, 6.07) is 16.0. The minimum absolute atomic E-state index is 0.436. The van der Waals surface area contributed by atoms with E-state index in [0.717, 1.165) is 61.7 Å². The van der Waals surface area contributed by atoms with Crippen molar-refractivity contribution in [3.63, 3.8) is 0 Å². The van der Waals surface area contributed by atoms with E-state index < -0.39 is 9.73 Å². The number of pyridine rings is 1. The van der Waals surface area contributed by atoms with E-state index in [0.29, 0.717) is 17.6 Å². The lowest BCUT2D eigenvalue weighted by Crippen LogP contribution is -2.48. The van der Waals surface area contributed by atoms with Crippen molar-refractivity contribution in [3.8, 4) is 5.82 Å². The average Bonchev–Trinajstić information content (AvgIpc) is 3.22. The average molecular weight is 548 g/mol. The van der Waals surface area contributed by atoms with E-state index in [-0.39, 0.29) is 0 Å². The molecule has 11 heteroatoms. The summed E-state index contributed by atoms with van der Waals surface area (Å²) >= 11 is 0.